The van der Waals surface area contributed by atoms with Crippen molar-refractivity contribution in [1.29, 1.82) is 5.41 Å². The van der Waals surface area contributed by atoms with Gasteiger partial charge in [0.25, 0.3) is 5.24 Å². The van der Waals surface area contributed by atoms with Crippen molar-refractivity contribution in [2.75, 3.05) is 0 Å². The van der Waals surface area contributed by atoms with Crippen LogP contribution < -0.4 is 10.8 Å². The summed E-state index contributed by atoms with van der Waals surface area (Å²) in [5.41, 5.74) is 2.26. The molecule has 0 bridgehead atoms. The topological polar surface area (TPSA) is 70.2 Å². The fourth-order valence-electron chi connectivity index (χ4n) is 1.52. The number of carbonyl (C=O) groups excluding carboxylic acids is 1. The largest absolute Gasteiger partial charge is 0.300 e. The maximum Gasteiger partial charge on any atom is 0.281 e. The predicted molar refractivity (Wildman–Crippen MR) is 70.8 cm³/mol. The zero-order valence-electron chi connectivity index (χ0n) is 9.14. The number of amidine groups is 1. The highest BCUT2D eigenvalue weighted by atomic mass is 32.1. The van der Waals surface area contributed by atoms with Gasteiger partial charge in [-0.15, -0.1) is 0 Å². The molecule has 0 unspecified atom stereocenters. The summed E-state index contributed by atoms with van der Waals surface area (Å²) in [4.78, 5) is 14.9. The Kier molecular flexibility index (Phi) is 3.19. The first-order valence-electron chi connectivity index (χ1n) is 4.97. The quantitative estimate of drug-likeness (QED) is 0.315. The first-order valence-corrected chi connectivity index (χ1v) is 5.42. The lowest BCUT2D eigenvalue weighted by atomic mass is 9.74. The number of imidazole rings is 1. The fraction of sp³-hybridized carbons (Fsp3) is 0.100. The predicted octanol–water partition coefficient (Wildman–Crippen LogP) is 0.677. The Balaban J connectivity index is 2.47. The zero-order chi connectivity index (χ0) is 12.4. The lowest BCUT2D eigenvalue weighted by molar-refractivity contribution is 0.264. The molecule has 2 heterocycles. The molecule has 2 aromatic rings. The first kappa shape index (κ1) is 11.7. The summed E-state index contributed by atoms with van der Waals surface area (Å²) in [5.74, 6) is -0.0225. The molecule has 1 radical (unpaired) electrons. The SMILES string of the molecule is C[B]c1ccc2ncc(C(=N)NC(=O)S)n2c1. The molecule has 1 amide bonds. The number of hydrogen-bond donors (Lipinski definition) is 3. The van der Waals surface area contributed by atoms with Crippen LogP contribution in [0.2, 0.25) is 6.82 Å². The Bertz CT molecular complexity index is 595. The summed E-state index contributed by atoms with van der Waals surface area (Å²) in [5, 5.41) is 9.48. The third-order valence-corrected chi connectivity index (χ3v) is 2.46. The van der Waals surface area contributed by atoms with Crippen molar-refractivity contribution in [3.05, 3.63) is 30.2 Å². The third kappa shape index (κ3) is 2.33. The molecule has 0 aliphatic carbocycles. The Labute approximate surface area is 104 Å². The second-order valence-electron chi connectivity index (χ2n) is 3.43. The molecule has 0 aliphatic heterocycles. The number of thiol groups is 1. The van der Waals surface area contributed by atoms with Crippen LogP contribution >= 0.6 is 12.6 Å². The van der Waals surface area contributed by atoms with Gasteiger partial charge in [0.15, 0.2) is 5.84 Å². The van der Waals surface area contributed by atoms with Crippen molar-refractivity contribution in [2.45, 2.75) is 6.82 Å². The highest BCUT2D eigenvalue weighted by Gasteiger charge is 2.10. The Hall–Kier alpha value is -1.76. The van der Waals surface area contributed by atoms with E-state index in [0.29, 0.717) is 5.69 Å². The van der Waals surface area contributed by atoms with Crippen LogP contribution in [0.15, 0.2) is 24.5 Å². The van der Waals surface area contributed by atoms with E-state index < -0.39 is 5.24 Å². The molecule has 0 fully saturated rings. The minimum absolute atomic E-state index is 0.0225. The number of carbonyl (C=O) groups is 1. The van der Waals surface area contributed by atoms with Crippen LogP contribution in [0.4, 0.5) is 4.79 Å². The molecule has 0 atom stereocenters. The molecule has 2 N–H and O–H groups in total. The molecule has 0 aromatic carbocycles. The van der Waals surface area contributed by atoms with Crippen LogP contribution in [0.1, 0.15) is 5.69 Å². The maximum absolute atomic E-state index is 10.8. The van der Waals surface area contributed by atoms with Gasteiger partial charge in [0.05, 0.1) is 6.20 Å². The van der Waals surface area contributed by atoms with Crippen molar-refractivity contribution in [2.24, 2.45) is 0 Å². The van der Waals surface area contributed by atoms with Crippen LogP contribution in [0.5, 0.6) is 0 Å². The minimum atomic E-state index is -0.567. The number of aromatic nitrogens is 2. The van der Waals surface area contributed by atoms with E-state index >= 15 is 0 Å². The number of nitrogens with zero attached hydrogens (tertiary/aromatic N) is 2. The second-order valence-corrected chi connectivity index (χ2v) is 3.83. The third-order valence-electron chi connectivity index (χ3n) is 2.35. The summed E-state index contributed by atoms with van der Waals surface area (Å²) in [6, 6.07) is 3.79. The molecule has 0 saturated carbocycles. The van der Waals surface area contributed by atoms with Crippen LogP contribution in [-0.4, -0.2) is 27.7 Å². The van der Waals surface area contributed by atoms with E-state index in [1.165, 1.54) is 0 Å². The summed E-state index contributed by atoms with van der Waals surface area (Å²) in [6.45, 7) is 1.93. The van der Waals surface area contributed by atoms with Gasteiger partial charge in [-0.1, -0.05) is 31.0 Å². The Morgan fingerprint density at radius 1 is 1.59 bits per heavy atom. The molecule has 5 nitrogen and oxygen atoms in total. The van der Waals surface area contributed by atoms with Gasteiger partial charge in [-0.05, 0) is 6.07 Å². The molecule has 2 rings (SSSR count). The molecular weight excluding hydrogens is 235 g/mol. The van der Waals surface area contributed by atoms with Crippen molar-refractivity contribution < 1.29 is 4.79 Å². The second kappa shape index (κ2) is 4.62. The summed E-state index contributed by atoms with van der Waals surface area (Å²) in [6.07, 6.45) is 3.40. The van der Waals surface area contributed by atoms with E-state index in [2.05, 4.69) is 22.9 Å². The van der Waals surface area contributed by atoms with E-state index in [1.807, 2.05) is 32.4 Å². The highest BCUT2D eigenvalue weighted by Crippen LogP contribution is 2.05. The highest BCUT2D eigenvalue weighted by molar-refractivity contribution is 7.96. The van der Waals surface area contributed by atoms with E-state index in [0.717, 1.165) is 11.1 Å². The number of hydrogen-bond acceptors (Lipinski definition) is 3. The van der Waals surface area contributed by atoms with E-state index in [9.17, 15) is 4.79 Å². The number of fused-ring (bicyclic) bond motifs is 1. The first-order chi connectivity index (χ1) is 8.11. The minimum Gasteiger partial charge on any atom is -0.300 e. The lowest BCUT2D eigenvalue weighted by Crippen LogP contribution is -2.27. The Morgan fingerprint density at radius 2 is 2.35 bits per heavy atom. The van der Waals surface area contributed by atoms with Gasteiger partial charge in [-0.3, -0.25) is 14.6 Å². The number of rotatable bonds is 2. The van der Waals surface area contributed by atoms with Crippen molar-refractivity contribution >= 4 is 42.1 Å². The lowest BCUT2D eigenvalue weighted by Gasteiger charge is -2.05. The Morgan fingerprint density at radius 3 is 3.00 bits per heavy atom. The average Bonchev–Trinajstić information content (AvgIpc) is 2.70. The van der Waals surface area contributed by atoms with Crippen LogP contribution in [0.25, 0.3) is 5.65 Å². The monoisotopic (exact) mass is 245 g/mol. The van der Waals surface area contributed by atoms with Gasteiger partial charge < -0.3 is 5.32 Å². The fourth-order valence-corrected chi connectivity index (χ4v) is 1.64. The standard InChI is InChI=1S/C10H10BN4OS/c1-11-6-2-3-8-13-4-7(15(8)5-6)9(12)14-10(16)17/h2-5H,1H3,(H3,12,14,16,17). The summed E-state index contributed by atoms with van der Waals surface area (Å²) >= 11 is 3.57. The number of pyridine rings is 1. The van der Waals surface area contributed by atoms with Gasteiger partial charge >= 0.3 is 0 Å². The molecule has 0 saturated heterocycles. The zero-order valence-corrected chi connectivity index (χ0v) is 10.0. The molecule has 85 valence electrons. The number of amides is 1. The van der Waals surface area contributed by atoms with E-state index in [-0.39, 0.29) is 5.84 Å². The van der Waals surface area contributed by atoms with E-state index in [1.54, 1.807) is 10.6 Å². The summed E-state index contributed by atoms with van der Waals surface area (Å²) in [7, 11) is 1.95. The van der Waals surface area contributed by atoms with Crippen molar-refractivity contribution in [1.82, 2.24) is 14.7 Å². The van der Waals surface area contributed by atoms with Crippen LogP contribution in [-0.2, 0) is 0 Å². The molecule has 17 heavy (non-hydrogen) atoms. The van der Waals surface area contributed by atoms with Crippen LogP contribution in [0, 0.1) is 5.41 Å². The number of nitrogens with one attached hydrogen (secondary N) is 2. The normalized spacial score (nSPS) is 10.2. The van der Waals surface area contributed by atoms with Crippen molar-refractivity contribution in [3.8, 4) is 0 Å². The van der Waals surface area contributed by atoms with E-state index in [4.69, 9.17) is 5.41 Å². The van der Waals surface area contributed by atoms with Gasteiger partial charge in [0, 0.05) is 6.20 Å². The average molecular weight is 245 g/mol. The maximum atomic E-state index is 10.8. The summed E-state index contributed by atoms with van der Waals surface area (Å²) < 4.78 is 1.75. The molecule has 0 spiro atoms. The molecule has 2 aromatic heterocycles. The van der Waals surface area contributed by atoms with Gasteiger partial charge in [0.1, 0.15) is 18.6 Å². The molecule has 0 aliphatic rings. The molecular formula is C10H10BN4OS. The van der Waals surface area contributed by atoms with Gasteiger partial charge in [-0.25, -0.2) is 4.98 Å². The smallest absolute Gasteiger partial charge is 0.281 e. The van der Waals surface area contributed by atoms with Crippen molar-refractivity contribution in [3.63, 3.8) is 0 Å². The van der Waals surface area contributed by atoms with Gasteiger partial charge in [-0.2, -0.15) is 0 Å². The van der Waals surface area contributed by atoms with Gasteiger partial charge in [0.2, 0.25) is 0 Å². The molecule has 7 heteroatoms. The van der Waals surface area contributed by atoms with Crippen LogP contribution in [0.3, 0.4) is 0 Å².